The Morgan fingerprint density at radius 3 is 2.47 bits per heavy atom. The standard InChI is InChI=1S/C25H21N3O5S/c29-22(13-10-16-6-2-1-3-7-16)26-17-11-12-19-21(14-17)34-25(27-19)28-23(30)15-33-20-9-5-4-8-18(20)24(31)32/h1-9,11-12,14H,10,13,15H2,(H,26,29)(H,31,32)(H,27,28,30). The average molecular weight is 476 g/mol. The molecule has 3 N–H and O–H groups in total. The molecule has 172 valence electrons. The number of aryl methyl sites for hydroxylation is 1. The van der Waals surface area contributed by atoms with E-state index in [1.807, 2.05) is 36.4 Å². The van der Waals surface area contributed by atoms with Crippen molar-refractivity contribution in [2.45, 2.75) is 12.8 Å². The van der Waals surface area contributed by atoms with Gasteiger partial charge in [-0.05, 0) is 42.3 Å². The van der Waals surface area contributed by atoms with E-state index in [-0.39, 0.29) is 23.8 Å². The van der Waals surface area contributed by atoms with Gasteiger partial charge in [-0.3, -0.25) is 14.9 Å². The molecule has 0 aliphatic heterocycles. The summed E-state index contributed by atoms with van der Waals surface area (Å²) in [6, 6.07) is 21.3. The van der Waals surface area contributed by atoms with Gasteiger partial charge in [0, 0.05) is 12.1 Å². The highest BCUT2D eigenvalue weighted by atomic mass is 32.1. The zero-order valence-corrected chi connectivity index (χ0v) is 18.8. The molecule has 0 saturated carbocycles. The average Bonchev–Trinajstić information content (AvgIpc) is 3.23. The van der Waals surface area contributed by atoms with Crippen LogP contribution in [-0.4, -0.2) is 34.5 Å². The summed E-state index contributed by atoms with van der Waals surface area (Å²) in [4.78, 5) is 40.2. The first-order valence-electron chi connectivity index (χ1n) is 10.5. The number of nitrogens with one attached hydrogen (secondary N) is 2. The lowest BCUT2D eigenvalue weighted by atomic mass is 10.1. The number of aromatic nitrogens is 1. The van der Waals surface area contributed by atoms with Crippen LogP contribution in [0.25, 0.3) is 10.2 Å². The number of carboxylic acid groups (broad SMARTS) is 1. The van der Waals surface area contributed by atoms with Crippen LogP contribution in [0.4, 0.5) is 10.8 Å². The molecule has 0 aliphatic rings. The van der Waals surface area contributed by atoms with Crippen LogP contribution in [0.15, 0.2) is 72.8 Å². The van der Waals surface area contributed by atoms with Crippen LogP contribution in [0.3, 0.4) is 0 Å². The maximum Gasteiger partial charge on any atom is 0.339 e. The number of hydrogen-bond donors (Lipinski definition) is 3. The Kier molecular flexibility index (Phi) is 7.14. The summed E-state index contributed by atoms with van der Waals surface area (Å²) < 4.78 is 6.16. The molecule has 4 rings (SSSR count). The maximum atomic E-state index is 12.3. The Hall–Kier alpha value is -4.24. The smallest absolute Gasteiger partial charge is 0.339 e. The number of thiazole rings is 1. The normalized spacial score (nSPS) is 10.6. The highest BCUT2D eigenvalue weighted by Gasteiger charge is 2.13. The van der Waals surface area contributed by atoms with Crippen LogP contribution in [0.5, 0.6) is 5.75 Å². The van der Waals surface area contributed by atoms with Gasteiger partial charge in [-0.2, -0.15) is 0 Å². The van der Waals surface area contributed by atoms with E-state index >= 15 is 0 Å². The van der Waals surface area contributed by atoms with Crippen molar-refractivity contribution in [2.75, 3.05) is 17.2 Å². The Morgan fingerprint density at radius 2 is 1.68 bits per heavy atom. The third-order valence-corrected chi connectivity index (χ3v) is 5.81. The quantitative estimate of drug-likeness (QED) is 0.326. The fourth-order valence-corrected chi connectivity index (χ4v) is 4.17. The molecule has 0 fully saturated rings. The molecule has 2 amide bonds. The van der Waals surface area contributed by atoms with Crippen molar-refractivity contribution in [1.82, 2.24) is 4.98 Å². The van der Waals surface area contributed by atoms with Crippen LogP contribution < -0.4 is 15.4 Å². The third-order valence-electron chi connectivity index (χ3n) is 4.88. The van der Waals surface area contributed by atoms with Crippen LogP contribution in [-0.2, 0) is 16.0 Å². The molecule has 0 spiro atoms. The molecule has 4 aromatic rings. The maximum absolute atomic E-state index is 12.3. The molecule has 1 aromatic heterocycles. The van der Waals surface area contributed by atoms with Gasteiger partial charge in [-0.1, -0.05) is 53.8 Å². The van der Waals surface area contributed by atoms with Gasteiger partial charge in [0.1, 0.15) is 11.3 Å². The van der Waals surface area contributed by atoms with Gasteiger partial charge in [-0.25, -0.2) is 9.78 Å². The number of nitrogens with zero attached hydrogens (tertiary/aromatic N) is 1. The number of ether oxygens (including phenoxy) is 1. The summed E-state index contributed by atoms with van der Waals surface area (Å²) in [7, 11) is 0. The second-order valence-electron chi connectivity index (χ2n) is 7.37. The van der Waals surface area contributed by atoms with Gasteiger partial charge in [-0.15, -0.1) is 0 Å². The van der Waals surface area contributed by atoms with Gasteiger partial charge in [0.2, 0.25) is 5.91 Å². The molecule has 8 nitrogen and oxygen atoms in total. The van der Waals surface area contributed by atoms with Crippen LogP contribution in [0.1, 0.15) is 22.3 Å². The lowest BCUT2D eigenvalue weighted by Crippen LogP contribution is -2.20. The van der Waals surface area contributed by atoms with Gasteiger partial charge in [0.25, 0.3) is 5.91 Å². The van der Waals surface area contributed by atoms with Crippen molar-refractivity contribution in [1.29, 1.82) is 0 Å². The lowest BCUT2D eigenvalue weighted by Gasteiger charge is -2.08. The van der Waals surface area contributed by atoms with Crippen molar-refractivity contribution >= 4 is 50.2 Å². The molecule has 0 aliphatic carbocycles. The third kappa shape index (κ3) is 5.96. The first-order chi connectivity index (χ1) is 16.5. The van der Waals surface area contributed by atoms with Crippen molar-refractivity contribution in [3.8, 4) is 5.75 Å². The fourth-order valence-electron chi connectivity index (χ4n) is 3.25. The Balaban J connectivity index is 1.33. The molecular formula is C25H21N3O5S. The second kappa shape index (κ2) is 10.6. The minimum absolute atomic E-state index is 0.0198. The number of amides is 2. The summed E-state index contributed by atoms with van der Waals surface area (Å²) >= 11 is 1.26. The first kappa shape index (κ1) is 22.9. The molecular weight excluding hydrogens is 454 g/mol. The number of carbonyl (C=O) groups is 3. The molecule has 3 aromatic carbocycles. The number of aromatic carboxylic acids is 1. The van der Waals surface area contributed by atoms with E-state index < -0.39 is 11.9 Å². The molecule has 34 heavy (non-hydrogen) atoms. The number of para-hydroxylation sites is 1. The molecule has 1 heterocycles. The van der Waals surface area contributed by atoms with E-state index in [0.29, 0.717) is 29.2 Å². The fraction of sp³-hybridized carbons (Fsp3) is 0.120. The van der Waals surface area contributed by atoms with Gasteiger partial charge < -0.3 is 15.2 Å². The number of hydrogen-bond acceptors (Lipinski definition) is 6. The largest absolute Gasteiger partial charge is 0.483 e. The van der Waals surface area contributed by atoms with Crippen LogP contribution in [0.2, 0.25) is 0 Å². The Morgan fingerprint density at radius 1 is 0.912 bits per heavy atom. The summed E-state index contributed by atoms with van der Waals surface area (Å²) in [6.45, 7) is -0.358. The van der Waals surface area contributed by atoms with E-state index in [9.17, 15) is 19.5 Å². The molecule has 0 radical (unpaired) electrons. The number of fused-ring (bicyclic) bond motifs is 1. The molecule has 0 unspecified atom stereocenters. The Bertz CT molecular complexity index is 1340. The minimum atomic E-state index is -1.13. The molecule has 0 bridgehead atoms. The SMILES string of the molecule is O=C(CCc1ccccc1)Nc1ccc2nc(NC(=O)COc3ccccc3C(=O)O)sc2c1. The van der Waals surface area contributed by atoms with Gasteiger partial charge in [0.05, 0.1) is 10.2 Å². The summed E-state index contributed by atoms with van der Waals surface area (Å²) in [5.74, 6) is -1.57. The van der Waals surface area contributed by atoms with Crippen molar-refractivity contribution in [3.05, 3.63) is 83.9 Å². The van der Waals surface area contributed by atoms with Crippen molar-refractivity contribution < 1.29 is 24.2 Å². The zero-order valence-electron chi connectivity index (χ0n) is 18.0. The number of rotatable bonds is 9. The summed E-state index contributed by atoms with van der Waals surface area (Å²) in [5.41, 5.74) is 2.42. The second-order valence-corrected chi connectivity index (χ2v) is 8.40. The van der Waals surface area contributed by atoms with E-state index in [0.717, 1.165) is 10.3 Å². The molecule has 9 heteroatoms. The van der Waals surface area contributed by atoms with Crippen molar-refractivity contribution in [3.63, 3.8) is 0 Å². The molecule has 0 saturated heterocycles. The van der Waals surface area contributed by atoms with E-state index in [1.165, 1.54) is 23.5 Å². The van der Waals surface area contributed by atoms with Crippen LogP contribution in [0, 0.1) is 0 Å². The van der Waals surface area contributed by atoms with E-state index in [1.54, 1.807) is 24.3 Å². The number of carboxylic acids is 1. The van der Waals surface area contributed by atoms with Gasteiger partial charge in [0.15, 0.2) is 11.7 Å². The van der Waals surface area contributed by atoms with Crippen molar-refractivity contribution in [2.24, 2.45) is 0 Å². The number of benzene rings is 3. The number of carbonyl (C=O) groups excluding carboxylic acids is 2. The monoisotopic (exact) mass is 475 g/mol. The van der Waals surface area contributed by atoms with E-state index in [4.69, 9.17) is 4.74 Å². The van der Waals surface area contributed by atoms with Crippen LogP contribution >= 0.6 is 11.3 Å². The topological polar surface area (TPSA) is 118 Å². The summed E-state index contributed by atoms with van der Waals surface area (Å²) in [5, 5.41) is 15.1. The highest BCUT2D eigenvalue weighted by molar-refractivity contribution is 7.22. The number of anilines is 2. The highest BCUT2D eigenvalue weighted by Crippen LogP contribution is 2.28. The summed E-state index contributed by atoms with van der Waals surface area (Å²) in [6.07, 6.45) is 1.03. The van der Waals surface area contributed by atoms with Gasteiger partial charge >= 0.3 is 5.97 Å². The predicted molar refractivity (Wildman–Crippen MR) is 131 cm³/mol. The van der Waals surface area contributed by atoms with E-state index in [2.05, 4.69) is 15.6 Å². The molecule has 0 atom stereocenters. The lowest BCUT2D eigenvalue weighted by molar-refractivity contribution is -0.118. The predicted octanol–water partition coefficient (Wildman–Crippen LogP) is 4.58. The zero-order chi connectivity index (χ0) is 23.9. The Labute approximate surface area is 199 Å². The minimum Gasteiger partial charge on any atom is -0.483 e. The first-order valence-corrected chi connectivity index (χ1v) is 11.3.